The molecule has 0 bridgehead atoms. The molecule has 1 unspecified atom stereocenters. The number of amides is 3. The Kier molecular flexibility index (Phi) is 7.47. The molecule has 0 heterocycles. The van der Waals surface area contributed by atoms with Crippen molar-refractivity contribution in [2.75, 3.05) is 5.75 Å². The quantitative estimate of drug-likeness (QED) is 0.784. The Hall–Kier alpha value is -2.34. The van der Waals surface area contributed by atoms with Gasteiger partial charge in [0.2, 0.25) is 5.91 Å². The first-order chi connectivity index (χ1) is 12.0. The Morgan fingerprint density at radius 2 is 1.76 bits per heavy atom. The summed E-state index contributed by atoms with van der Waals surface area (Å²) in [6.45, 7) is 2.37. The van der Waals surface area contributed by atoms with E-state index in [0.717, 1.165) is 11.1 Å². The van der Waals surface area contributed by atoms with Crippen molar-refractivity contribution in [1.82, 2.24) is 10.6 Å². The third-order valence-corrected chi connectivity index (χ3v) is 4.80. The Morgan fingerprint density at radius 1 is 1.08 bits per heavy atom. The highest BCUT2D eigenvalue weighted by atomic mass is 32.2. The van der Waals surface area contributed by atoms with Crippen LogP contribution in [-0.4, -0.2) is 17.7 Å². The highest BCUT2D eigenvalue weighted by Gasteiger charge is 2.10. The number of imide groups is 1. The maximum atomic E-state index is 12.9. The SMILES string of the molecule is CC(SCCC(=O)NC(=O)NCc1ccccc1)c1ccc(F)cc1. The monoisotopic (exact) mass is 360 g/mol. The first kappa shape index (κ1) is 19.0. The van der Waals surface area contributed by atoms with Crippen molar-refractivity contribution in [2.24, 2.45) is 0 Å². The molecule has 0 radical (unpaired) electrons. The van der Waals surface area contributed by atoms with Crippen LogP contribution in [0.15, 0.2) is 54.6 Å². The van der Waals surface area contributed by atoms with Gasteiger partial charge in [0, 0.05) is 24.0 Å². The fourth-order valence-electron chi connectivity index (χ4n) is 2.17. The van der Waals surface area contributed by atoms with E-state index in [4.69, 9.17) is 0 Å². The van der Waals surface area contributed by atoms with Crippen LogP contribution >= 0.6 is 11.8 Å². The molecule has 2 aromatic rings. The van der Waals surface area contributed by atoms with Gasteiger partial charge in [-0.25, -0.2) is 9.18 Å². The van der Waals surface area contributed by atoms with Gasteiger partial charge in [0.05, 0.1) is 0 Å². The van der Waals surface area contributed by atoms with E-state index in [0.29, 0.717) is 12.3 Å². The van der Waals surface area contributed by atoms with Crippen LogP contribution in [0, 0.1) is 5.82 Å². The van der Waals surface area contributed by atoms with Crippen LogP contribution in [-0.2, 0) is 11.3 Å². The summed E-state index contributed by atoms with van der Waals surface area (Å²) < 4.78 is 12.9. The standard InChI is InChI=1S/C19H21FN2O2S/c1-14(16-7-9-17(20)10-8-16)25-12-11-18(23)22-19(24)21-13-15-5-3-2-4-6-15/h2-10,14H,11-13H2,1H3,(H2,21,22,23,24). The molecule has 0 fully saturated rings. The Balaban J connectivity index is 1.64. The first-order valence-corrected chi connectivity index (χ1v) is 9.08. The number of carbonyl (C=O) groups is 2. The van der Waals surface area contributed by atoms with Crippen molar-refractivity contribution in [1.29, 1.82) is 0 Å². The fourth-order valence-corrected chi connectivity index (χ4v) is 3.18. The second kappa shape index (κ2) is 9.84. The van der Waals surface area contributed by atoms with E-state index < -0.39 is 6.03 Å². The second-order valence-corrected chi connectivity index (χ2v) is 6.98. The van der Waals surface area contributed by atoms with Gasteiger partial charge in [0.25, 0.3) is 0 Å². The van der Waals surface area contributed by atoms with Crippen LogP contribution in [0.2, 0.25) is 0 Å². The number of rotatable bonds is 7. The number of nitrogens with one attached hydrogen (secondary N) is 2. The number of carbonyl (C=O) groups excluding carboxylic acids is 2. The Morgan fingerprint density at radius 3 is 2.44 bits per heavy atom. The topological polar surface area (TPSA) is 58.2 Å². The molecule has 6 heteroatoms. The number of hydrogen-bond acceptors (Lipinski definition) is 3. The number of urea groups is 1. The minimum atomic E-state index is -0.495. The summed E-state index contributed by atoms with van der Waals surface area (Å²) >= 11 is 1.59. The number of hydrogen-bond donors (Lipinski definition) is 2. The van der Waals surface area contributed by atoms with Crippen LogP contribution in [0.1, 0.15) is 29.7 Å². The highest BCUT2D eigenvalue weighted by Crippen LogP contribution is 2.28. The molecule has 0 aromatic heterocycles. The van der Waals surface area contributed by atoms with Crippen LogP contribution in [0.25, 0.3) is 0 Å². The van der Waals surface area contributed by atoms with Gasteiger partial charge in [0.1, 0.15) is 5.82 Å². The summed E-state index contributed by atoms with van der Waals surface area (Å²) in [4.78, 5) is 23.5. The van der Waals surface area contributed by atoms with Gasteiger partial charge in [-0.3, -0.25) is 10.1 Å². The Bertz CT molecular complexity index is 692. The first-order valence-electron chi connectivity index (χ1n) is 8.03. The van der Waals surface area contributed by atoms with Gasteiger partial charge in [-0.05, 0) is 30.2 Å². The lowest BCUT2D eigenvalue weighted by Gasteiger charge is -2.11. The average molecular weight is 360 g/mol. The Labute approximate surface area is 151 Å². The normalized spacial score (nSPS) is 11.6. The smallest absolute Gasteiger partial charge is 0.321 e. The minimum Gasteiger partial charge on any atom is -0.334 e. The number of benzene rings is 2. The van der Waals surface area contributed by atoms with Crippen molar-refractivity contribution in [3.63, 3.8) is 0 Å². The summed E-state index contributed by atoms with van der Waals surface area (Å²) in [7, 11) is 0. The molecule has 0 aliphatic carbocycles. The predicted molar refractivity (Wildman–Crippen MR) is 98.7 cm³/mol. The molecule has 0 saturated carbocycles. The van der Waals surface area contributed by atoms with E-state index in [1.807, 2.05) is 37.3 Å². The van der Waals surface area contributed by atoms with Gasteiger partial charge < -0.3 is 5.32 Å². The van der Waals surface area contributed by atoms with Gasteiger partial charge >= 0.3 is 6.03 Å². The van der Waals surface area contributed by atoms with Crippen LogP contribution < -0.4 is 10.6 Å². The summed E-state index contributed by atoms with van der Waals surface area (Å²) in [5, 5.41) is 5.12. The van der Waals surface area contributed by atoms with Crippen molar-refractivity contribution in [2.45, 2.75) is 25.1 Å². The maximum absolute atomic E-state index is 12.9. The van der Waals surface area contributed by atoms with Crippen molar-refractivity contribution in [3.05, 3.63) is 71.5 Å². The van der Waals surface area contributed by atoms with Gasteiger partial charge in [-0.2, -0.15) is 11.8 Å². The summed E-state index contributed by atoms with van der Waals surface area (Å²) in [5.74, 6) is 0.00212. The average Bonchev–Trinajstić information content (AvgIpc) is 2.61. The molecule has 2 rings (SSSR count). The molecule has 2 N–H and O–H groups in total. The van der Waals surface area contributed by atoms with Crippen LogP contribution in [0.3, 0.4) is 0 Å². The molecule has 0 aliphatic rings. The van der Waals surface area contributed by atoms with E-state index in [2.05, 4.69) is 10.6 Å². The van der Waals surface area contributed by atoms with Crippen LogP contribution in [0.4, 0.5) is 9.18 Å². The molecule has 3 amide bonds. The lowest BCUT2D eigenvalue weighted by Crippen LogP contribution is -2.39. The molecule has 4 nitrogen and oxygen atoms in total. The van der Waals surface area contributed by atoms with Crippen molar-refractivity contribution < 1.29 is 14.0 Å². The third kappa shape index (κ3) is 6.97. The molecule has 0 spiro atoms. The largest absolute Gasteiger partial charge is 0.334 e. The molecule has 2 aromatic carbocycles. The zero-order chi connectivity index (χ0) is 18.1. The lowest BCUT2D eigenvalue weighted by atomic mass is 10.2. The maximum Gasteiger partial charge on any atom is 0.321 e. The summed E-state index contributed by atoms with van der Waals surface area (Å²) in [6, 6.07) is 15.3. The third-order valence-electron chi connectivity index (χ3n) is 3.59. The van der Waals surface area contributed by atoms with Crippen molar-refractivity contribution >= 4 is 23.7 Å². The van der Waals surface area contributed by atoms with Crippen molar-refractivity contribution in [3.8, 4) is 0 Å². The second-order valence-electron chi connectivity index (χ2n) is 5.53. The van der Waals surface area contributed by atoms with E-state index in [1.54, 1.807) is 23.9 Å². The predicted octanol–water partition coefficient (Wildman–Crippen LogP) is 4.04. The van der Waals surface area contributed by atoms with E-state index in [9.17, 15) is 14.0 Å². The lowest BCUT2D eigenvalue weighted by molar-refractivity contribution is -0.119. The van der Waals surface area contributed by atoms with Gasteiger partial charge in [-0.1, -0.05) is 42.5 Å². The summed E-state index contributed by atoms with van der Waals surface area (Å²) in [6.07, 6.45) is 0.245. The minimum absolute atomic E-state index is 0.153. The molecule has 1 atom stereocenters. The van der Waals surface area contributed by atoms with Gasteiger partial charge in [-0.15, -0.1) is 0 Å². The molecule has 132 valence electrons. The van der Waals surface area contributed by atoms with E-state index in [1.165, 1.54) is 12.1 Å². The zero-order valence-electron chi connectivity index (χ0n) is 14.0. The fraction of sp³-hybridized carbons (Fsp3) is 0.263. The number of halogens is 1. The molecular formula is C19H21FN2O2S. The summed E-state index contributed by atoms with van der Waals surface area (Å²) in [5.41, 5.74) is 1.97. The molecule has 0 aliphatic heterocycles. The highest BCUT2D eigenvalue weighted by molar-refractivity contribution is 7.99. The zero-order valence-corrected chi connectivity index (χ0v) is 14.8. The molecular weight excluding hydrogens is 339 g/mol. The van der Waals surface area contributed by atoms with E-state index in [-0.39, 0.29) is 23.4 Å². The molecule has 0 saturated heterocycles. The number of thioether (sulfide) groups is 1. The van der Waals surface area contributed by atoms with E-state index >= 15 is 0 Å². The van der Waals surface area contributed by atoms with Gasteiger partial charge in [0.15, 0.2) is 0 Å². The molecule has 25 heavy (non-hydrogen) atoms. The van der Waals surface area contributed by atoms with Crippen LogP contribution in [0.5, 0.6) is 0 Å².